The molecule has 0 heterocycles. The molecule has 2 rings (SSSR count). The summed E-state index contributed by atoms with van der Waals surface area (Å²) >= 11 is 0. The number of ether oxygens (including phenoxy) is 1. The van der Waals surface area contributed by atoms with Crippen LogP contribution in [0.4, 0.5) is 4.79 Å². The number of benzene rings is 1. The predicted octanol–water partition coefficient (Wildman–Crippen LogP) is 2.29. The van der Waals surface area contributed by atoms with E-state index in [9.17, 15) is 38.7 Å². The minimum Gasteiger partial charge on any atom is -0.479 e. The number of nitrogens with one attached hydrogen (secondary N) is 5. The van der Waals surface area contributed by atoms with Crippen LogP contribution in [0, 0.1) is 11.8 Å². The monoisotopic (exact) mass is 671 g/mol. The largest absolute Gasteiger partial charge is 0.479 e. The molecule has 0 radical (unpaired) electrons. The van der Waals surface area contributed by atoms with Gasteiger partial charge >= 0.3 is 12.1 Å². The van der Waals surface area contributed by atoms with Gasteiger partial charge in [0.15, 0.2) is 6.04 Å². The van der Waals surface area contributed by atoms with E-state index in [0.717, 1.165) is 19.3 Å². The molecule has 5 amide bonds. The van der Waals surface area contributed by atoms with Gasteiger partial charge in [0.1, 0.15) is 12.1 Å². The van der Waals surface area contributed by atoms with Crippen molar-refractivity contribution in [2.75, 3.05) is 13.2 Å². The van der Waals surface area contributed by atoms with Crippen molar-refractivity contribution >= 4 is 41.5 Å². The first-order chi connectivity index (χ1) is 22.9. The van der Waals surface area contributed by atoms with Crippen molar-refractivity contribution in [3.63, 3.8) is 0 Å². The van der Waals surface area contributed by atoms with E-state index in [0.29, 0.717) is 24.8 Å². The predicted molar refractivity (Wildman–Crippen MR) is 176 cm³/mol. The molecule has 6 N–H and O–H groups in total. The summed E-state index contributed by atoms with van der Waals surface area (Å²) in [5.74, 6) is -5.70. The fourth-order valence-electron chi connectivity index (χ4n) is 5.32. The Morgan fingerprint density at radius 1 is 0.917 bits per heavy atom. The first-order valence-corrected chi connectivity index (χ1v) is 16.4. The van der Waals surface area contributed by atoms with Crippen molar-refractivity contribution in [2.24, 2.45) is 11.8 Å². The van der Waals surface area contributed by atoms with Gasteiger partial charge in [-0.2, -0.15) is 0 Å². The number of aliphatic carboxylic acids is 1. The summed E-state index contributed by atoms with van der Waals surface area (Å²) in [6.07, 6.45) is 5.42. The van der Waals surface area contributed by atoms with Gasteiger partial charge in [-0.15, -0.1) is 6.58 Å². The van der Waals surface area contributed by atoms with Gasteiger partial charge in [-0.25, -0.2) is 9.59 Å². The molecule has 0 aromatic heterocycles. The summed E-state index contributed by atoms with van der Waals surface area (Å²) in [7, 11) is 0. The van der Waals surface area contributed by atoms with E-state index in [-0.39, 0.29) is 31.3 Å². The Balaban J connectivity index is 2.06. The van der Waals surface area contributed by atoms with Gasteiger partial charge in [0.2, 0.25) is 23.5 Å². The average Bonchev–Trinajstić information content (AvgIpc) is 3.07. The molecule has 48 heavy (non-hydrogen) atoms. The smallest absolute Gasteiger partial charge is 0.407 e. The van der Waals surface area contributed by atoms with E-state index >= 15 is 0 Å². The fourth-order valence-corrected chi connectivity index (χ4v) is 5.32. The zero-order valence-electron chi connectivity index (χ0n) is 27.9. The van der Waals surface area contributed by atoms with E-state index in [2.05, 4.69) is 33.2 Å². The number of Topliss-reactive ketones (excluding diaryl/α,β-unsaturated/α-hetero) is 1. The van der Waals surface area contributed by atoms with Crippen LogP contribution in [-0.2, 0) is 33.5 Å². The maximum atomic E-state index is 13.5. The molecule has 1 fully saturated rings. The minimum atomic E-state index is -1.37. The standard InChI is InChI=1S/C34H49N5O9/c1-5-13-24(29(41)32(44)35-19-26(40)38-28(33(45)46)23-17-11-8-12-18-23)36-30(42)25(14-6-2)37-31(43)27(22-15-9-7-10-16-22)39-34(47)48-20-21(3)4/h6,8,11-12,17-18,21-22,24-25,27-28H,2,5,7,9-10,13-16,19-20H2,1,3-4H3,(H,35,44)(H,36,42)(H,37,43)(H,38,40)(H,39,47)(H,45,46)/t24?,25-,27?,28?/m0/s1. The van der Waals surface area contributed by atoms with Gasteiger partial charge in [-0.3, -0.25) is 24.0 Å². The second-order valence-electron chi connectivity index (χ2n) is 12.2. The summed E-state index contributed by atoms with van der Waals surface area (Å²) in [5.41, 5.74) is 0.319. The Bertz CT molecular complexity index is 1280. The molecule has 1 aliphatic carbocycles. The lowest BCUT2D eigenvalue weighted by Crippen LogP contribution is -2.58. The van der Waals surface area contributed by atoms with Crippen molar-refractivity contribution in [1.29, 1.82) is 0 Å². The van der Waals surface area contributed by atoms with Crippen LogP contribution >= 0.6 is 0 Å². The van der Waals surface area contributed by atoms with E-state index in [1.807, 2.05) is 13.8 Å². The van der Waals surface area contributed by atoms with E-state index in [1.54, 1.807) is 25.1 Å². The normalized spacial score (nSPS) is 15.5. The molecular weight excluding hydrogens is 622 g/mol. The van der Waals surface area contributed by atoms with Crippen LogP contribution in [0.3, 0.4) is 0 Å². The average molecular weight is 672 g/mol. The third kappa shape index (κ3) is 13.2. The Kier molecular flexibility index (Phi) is 16.8. The van der Waals surface area contributed by atoms with Crippen LogP contribution < -0.4 is 26.6 Å². The molecule has 14 nitrogen and oxygen atoms in total. The van der Waals surface area contributed by atoms with Crippen LogP contribution in [0.25, 0.3) is 0 Å². The van der Waals surface area contributed by atoms with Crippen molar-refractivity contribution < 1.29 is 43.4 Å². The van der Waals surface area contributed by atoms with Crippen LogP contribution in [0.1, 0.15) is 83.7 Å². The van der Waals surface area contributed by atoms with Gasteiger partial charge in [0.05, 0.1) is 19.2 Å². The van der Waals surface area contributed by atoms with E-state index < -0.39 is 72.2 Å². The molecule has 0 saturated heterocycles. The number of amides is 5. The third-order valence-corrected chi connectivity index (χ3v) is 7.79. The van der Waals surface area contributed by atoms with Crippen molar-refractivity contribution in [3.8, 4) is 0 Å². The summed E-state index contributed by atoms with van der Waals surface area (Å²) in [5, 5.41) is 21.9. The number of carboxylic acid groups (broad SMARTS) is 1. The van der Waals surface area contributed by atoms with Crippen molar-refractivity contribution in [3.05, 3.63) is 48.6 Å². The molecule has 14 heteroatoms. The van der Waals surface area contributed by atoms with Gasteiger partial charge in [-0.05, 0) is 43.1 Å². The highest BCUT2D eigenvalue weighted by molar-refractivity contribution is 6.38. The molecule has 4 atom stereocenters. The van der Waals surface area contributed by atoms with Gasteiger partial charge in [0, 0.05) is 0 Å². The summed E-state index contributed by atoms with van der Waals surface area (Å²) < 4.78 is 5.24. The first-order valence-electron chi connectivity index (χ1n) is 16.4. The molecule has 1 aromatic carbocycles. The highest BCUT2D eigenvalue weighted by Crippen LogP contribution is 2.27. The molecule has 1 aliphatic rings. The topological polar surface area (TPSA) is 209 Å². The van der Waals surface area contributed by atoms with Crippen LogP contribution in [0.5, 0.6) is 0 Å². The summed E-state index contributed by atoms with van der Waals surface area (Å²) in [4.78, 5) is 89.3. The Morgan fingerprint density at radius 2 is 1.56 bits per heavy atom. The third-order valence-electron chi connectivity index (χ3n) is 7.79. The Labute approximate surface area is 281 Å². The minimum absolute atomic E-state index is 0.00167. The number of rotatable bonds is 19. The number of carbonyl (C=O) groups excluding carboxylic acids is 6. The molecular formula is C34H49N5O9. The van der Waals surface area contributed by atoms with Gasteiger partial charge < -0.3 is 36.4 Å². The number of ketones is 1. The van der Waals surface area contributed by atoms with Gasteiger partial charge in [0.25, 0.3) is 5.91 Å². The molecule has 0 bridgehead atoms. The summed E-state index contributed by atoms with van der Waals surface area (Å²) in [6.45, 7) is 8.67. The van der Waals surface area contributed by atoms with Crippen molar-refractivity contribution in [2.45, 2.75) is 96.3 Å². The molecule has 1 aromatic rings. The molecule has 0 spiro atoms. The number of hydrogen-bond acceptors (Lipinski definition) is 8. The second kappa shape index (κ2) is 20.5. The second-order valence-corrected chi connectivity index (χ2v) is 12.2. The van der Waals surface area contributed by atoms with Crippen molar-refractivity contribution in [1.82, 2.24) is 26.6 Å². The lowest BCUT2D eigenvalue weighted by Gasteiger charge is -2.31. The highest BCUT2D eigenvalue weighted by Gasteiger charge is 2.35. The first kappa shape index (κ1) is 39.4. The molecule has 3 unspecified atom stereocenters. The van der Waals surface area contributed by atoms with Gasteiger partial charge in [-0.1, -0.05) is 82.9 Å². The maximum absolute atomic E-state index is 13.5. The number of hydrogen-bond donors (Lipinski definition) is 6. The Hall–Kier alpha value is -4.75. The zero-order chi connectivity index (χ0) is 35.6. The zero-order valence-corrected chi connectivity index (χ0v) is 27.9. The maximum Gasteiger partial charge on any atom is 0.407 e. The molecule has 0 aliphatic heterocycles. The highest BCUT2D eigenvalue weighted by atomic mass is 16.5. The lowest BCUT2D eigenvalue weighted by atomic mass is 9.83. The number of carbonyl (C=O) groups is 7. The van der Waals surface area contributed by atoms with E-state index in [4.69, 9.17) is 4.74 Å². The SMILES string of the molecule is C=CC[C@H](NC(=O)C(NC(=O)OCC(C)C)C1CCCCC1)C(=O)NC(CCC)C(=O)C(=O)NCC(=O)NC(C(=O)O)c1ccccc1. The number of alkyl carbamates (subject to hydrolysis) is 1. The van der Waals surface area contributed by atoms with Crippen LogP contribution in [0.2, 0.25) is 0 Å². The lowest BCUT2D eigenvalue weighted by molar-refractivity contribution is -0.142. The molecule has 1 saturated carbocycles. The van der Waals surface area contributed by atoms with Crippen LogP contribution in [-0.4, -0.2) is 77.9 Å². The quantitative estimate of drug-likeness (QED) is 0.0940. The Morgan fingerprint density at radius 3 is 2.15 bits per heavy atom. The fraction of sp³-hybridized carbons (Fsp3) is 0.559. The van der Waals surface area contributed by atoms with Crippen LogP contribution in [0.15, 0.2) is 43.0 Å². The molecule has 264 valence electrons. The van der Waals surface area contributed by atoms with E-state index in [1.165, 1.54) is 18.2 Å². The summed E-state index contributed by atoms with van der Waals surface area (Å²) in [6, 6.07) is 3.21. The number of carboxylic acids is 1.